The summed E-state index contributed by atoms with van der Waals surface area (Å²) >= 11 is 0. The molecule has 0 fully saturated rings. The highest BCUT2D eigenvalue weighted by molar-refractivity contribution is 4.83. The van der Waals surface area contributed by atoms with E-state index in [2.05, 4.69) is 39.6 Å². The molecule has 2 heteroatoms. The molecule has 1 N–H and O–H groups in total. The molecule has 48 heavy (non-hydrogen) atoms. The predicted molar refractivity (Wildman–Crippen MR) is 219 cm³/mol. The first kappa shape index (κ1) is 47.5. The lowest BCUT2D eigenvalue weighted by molar-refractivity contribution is 0.114. The molecular weight excluding hydrogens is 583 g/mol. The van der Waals surface area contributed by atoms with E-state index >= 15 is 0 Å². The Morgan fingerprint density at radius 1 is 0.417 bits per heavy atom. The van der Waals surface area contributed by atoms with Gasteiger partial charge in [-0.1, -0.05) is 220 Å². The van der Waals surface area contributed by atoms with Crippen molar-refractivity contribution in [2.24, 2.45) is 5.92 Å². The van der Waals surface area contributed by atoms with E-state index in [4.69, 9.17) is 4.74 Å². The third-order valence-electron chi connectivity index (χ3n) is 10.8. The first-order valence-electron chi connectivity index (χ1n) is 22.7. The third-order valence-corrected chi connectivity index (χ3v) is 10.8. The van der Waals surface area contributed by atoms with Gasteiger partial charge in [-0.15, -0.1) is 0 Å². The molecule has 0 aliphatic rings. The molecule has 0 aromatic carbocycles. The van der Waals surface area contributed by atoms with Gasteiger partial charge in [-0.25, -0.2) is 0 Å². The number of nitrogens with one attached hydrogen (secondary N) is 1. The Hall–Kier alpha value is -0.500. The van der Waals surface area contributed by atoms with Crippen LogP contribution in [0.5, 0.6) is 0 Å². The highest BCUT2D eigenvalue weighted by atomic mass is 16.5. The molecule has 0 aromatic rings. The van der Waals surface area contributed by atoms with E-state index in [9.17, 15) is 0 Å². The van der Waals surface area contributed by atoms with Crippen molar-refractivity contribution in [2.75, 3.05) is 13.1 Å². The summed E-state index contributed by atoms with van der Waals surface area (Å²) in [5.41, 5.74) is 0. The molecule has 288 valence electrons. The lowest BCUT2D eigenvalue weighted by Gasteiger charge is -2.17. The van der Waals surface area contributed by atoms with Crippen LogP contribution in [0.1, 0.15) is 259 Å². The Kier molecular flexibility index (Phi) is 40.5. The zero-order valence-corrected chi connectivity index (χ0v) is 34.1. The van der Waals surface area contributed by atoms with Crippen LogP contribution < -0.4 is 5.32 Å². The largest absolute Gasteiger partial charge is 0.496 e. The number of allylic oxidation sites excluding steroid dienone is 1. The number of rotatable bonds is 42. The molecule has 0 amide bonds. The second kappa shape index (κ2) is 40.9. The zero-order valence-electron chi connectivity index (χ0n) is 34.1. The van der Waals surface area contributed by atoms with Crippen LogP contribution in [0, 0.1) is 5.92 Å². The van der Waals surface area contributed by atoms with Crippen LogP contribution in [0.2, 0.25) is 0 Å². The van der Waals surface area contributed by atoms with E-state index in [0.717, 1.165) is 18.1 Å². The van der Waals surface area contributed by atoms with Gasteiger partial charge in [0.1, 0.15) is 0 Å². The molecule has 0 radical (unpaired) electrons. The average Bonchev–Trinajstić information content (AvgIpc) is 3.08. The molecule has 0 aromatic heterocycles. The summed E-state index contributed by atoms with van der Waals surface area (Å²) in [6, 6.07) is 0. The Morgan fingerprint density at radius 2 is 0.729 bits per heavy atom. The smallest absolute Gasteiger partial charge is 0.0954 e. The van der Waals surface area contributed by atoms with Gasteiger partial charge >= 0.3 is 0 Å². The summed E-state index contributed by atoms with van der Waals surface area (Å²) in [5, 5.41) is 3.70. The monoisotopic (exact) mass is 676 g/mol. The van der Waals surface area contributed by atoms with E-state index in [1.165, 1.54) is 238 Å². The molecular formula is C46H93NO. The van der Waals surface area contributed by atoms with E-state index in [-0.39, 0.29) is 0 Å². The Balaban J connectivity index is 3.55. The van der Waals surface area contributed by atoms with Crippen LogP contribution in [0.15, 0.2) is 12.3 Å². The van der Waals surface area contributed by atoms with Crippen molar-refractivity contribution in [3.8, 4) is 0 Å². The van der Waals surface area contributed by atoms with Crippen molar-refractivity contribution < 1.29 is 4.74 Å². The third kappa shape index (κ3) is 38.3. The molecule has 2 nitrogen and oxygen atoms in total. The number of hydrogen-bond acceptors (Lipinski definition) is 2. The fraction of sp³-hybridized carbons (Fsp3) is 0.957. The highest BCUT2D eigenvalue weighted by Crippen LogP contribution is 2.25. The van der Waals surface area contributed by atoms with Crippen LogP contribution >= 0.6 is 0 Å². The van der Waals surface area contributed by atoms with E-state index in [1.807, 2.05) is 0 Å². The van der Waals surface area contributed by atoms with E-state index in [1.54, 1.807) is 0 Å². The second-order valence-electron chi connectivity index (χ2n) is 15.9. The standard InChI is InChI=1S/C46H93NO/c1-6-9-12-15-23-30-37-44(4)48-45(5)38-31-24-22-29-36-43-47-42-35-28-21-19-18-20-27-34-41-46(39-32-25-16-13-10-7-2)40-33-26-17-14-11-8-3/h44,46-47H,5-43H2,1-4H3. The first-order chi connectivity index (χ1) is 23.6. The molecule has 0 saturated heterocycles. The minimum Gasteiger partial charge on any atom is -0.496 e. The lowest BCUT2D eigenvalue weighted by atomic mass is 9.89. The van der Waals surface area contributed by atoms with Gasteiger partial charge in [-0.2, -0.15) is 0 Å². The maximum atomic E-state index is 6.05. The molecule has 0 aliphatic heterocycles. The predicted octanol–water partition coefficient (Wildman–Crippen LogP) is 16.2. The quantitative estimate of drug-likeness (QED) is 0.0513. The summed E-state index contributed by atoms with van der Waals surface area (Å²) in [4.78, 5) is 0. The average molecular weight is 676 g/mol. The Bertz CT molecular complexity index is 587. The number of ether oxygens (including phenoxy) is 1. The van der Waals surface area contributed by atoms with Gasteiger partial charge in [0.15, 0.2) is 0 Å². The van der Waals surface area contributed by atoms with Crippen molar-refractivity contribution in [1.82, 2.24) is 5.32 Å². The van der Waals surface area contributed by atoms with Crippen molar-refractivity contribution in [3.63, 3.8) is 0 Å². The van der Waals surface area contributed by atoms with Gasteiger partial charge in [0.2, 0.25) is 0 Å². The minimum absolute atomic E-state index is 0.335. The summed E-state index contributed by atoms with van der Waals surface area (Å²) in [7, 11) is 0. The Labute approximate surface area is 305 Å². The fourth-order valence-electron chi connectivity index (χ4n) is 7.45. The van der Waals surface area contributed by atoms with Gasteiger partial charge in [0.05, 0.1) is 11.9 Å². The van der Waals surface area contributed by atoms with Crippen molar-refractivity contribution in [1.29, 1.82) is 0 Å². The topological polar surface area (TPSA) is 21.3 Å². The molecule has 0 heterocycles. The van der Waals surface area contributed by atoms with Crippen molar-refractivity contribution >= 4 is 0 Å². The van der Waals surface area contributed by atoms with Crippen molar-refractivity contribution in [3.05, 3.63) is 12.3 Å². The molecule has 0 saturated carbocycles. The maximum Gasteiger partial charge on any atom is 0.0954 e. The summed E-state index contributed by atoms with van der Waals surface area (Å²) in [6.45, 7) is 15.8. The second-order valence-corrected chi connectivity index (χ2v) is 15.9. The minimum atomic E-state index is 0.335. The van der Waals surface area contributed by atoms with Gasteiger partial charge < -0.3 is 10.1 Å². The van der Waals surface area contributed by atoms with Crippen LogP contribution in [0.3, 0.4) is 0 Å². The molecule has 0 bridgehead atoms. The molecule has 0 aliphatic carbocycles. The summed E-state index contributed by atoms with van der Waals surface area (Å²) < 4.78 is 6.05. The van der Waals surface area contributed by atoms with Gasteiger partial charge in [0.25, 0.3) is 0 Å². The summed E-state index contributed by atoms with van der Waals surface area (Å²) in [6.07, 6.45) is 50.8. The maximum absolute atomic E-state index is 6.05. The number of hydrogen-bond donors (Lipinski definition) is 1. The highest BCUT2D eigenvalue weighted by Gasteiger charge is 2.09. The van der Waals surface area contributed by atoms with Crippen molar-refractivity contribution in [2.45, 2.75) is 265 Å². The van der Waals surface area contributed by atoms with Crippen LogP contribution in [0.25, 0.3) is 0 Å². The lowest BCUT2D eigenvalue weighted by Crippen LogP contribution is -2.16. The van der Waals surface area contributed by atoms with E-state index < -0.39 is 0 Å². The fourth-order valence-corrected chi connectivity index (χ4v) is 7.45. The van der Waals surface area contributed by atoms with Crippen LogP contribution in [-0.2, 0) is 4.74 Å². The van der Waals surface area contributed by atoms with E-state index in [0.29, 0.717) is 6.10 Å². The SMILES string of the molecule is C=C(CCCCCCCNCCCCCCCCCCC(CCCCCCCC)CCCCCCCC)OC(C)CCCCCCCC. The van der Waals surface area contributed by atoms with Gasteiger partial charge in [-0.05, 0) is 58.0 Å². The summed E-state index contributed by atoms with van der Waals surface area (Å²) in [5.74, 6) is 2.03. The first-order valence-corrected chi connectivity index (χ1v) is 22.7. The Morgan fingerprint density at radius 3 is 1.12 bits per heavy atom. The molecule has 1 unspecified atom stereocenters. The molecule has 1 atom stereocenters. The van der Waals surface area contributed by atoms with Gasteiger partial charge in [-0.3, -0.25) is 0 Å². The van der Waals surface area contributed by atoms with Crippen LogP contribution in [0.4, 0.5) is 0 Å². The number of unbranched alkanes of at least 4 members (excludes halogenated alkanes) is 26. The molecule has 0 spiro atoms. The normalized spacial score (nSPS) is 12.3. The zero-order chi connectivity index (χ0) is 35.0. The van der Waals surface area contributed by atoms with Gasteiger partial charge in [0, 0.05) is 6.42 Å². The van der Waals surface area contributed by atoms with Crippen LogP contribution in [-0.4, -0.2) is 19.2 Å². The molecule has 0 rings (SSSR count).